The predicted octanol–water partition coefficient (Wildman–Crippen LogP) is 6.56. The fourth-order valence-corrected chi connectivity index (χ4v) is 2.81. The molecule has 4 aromatic carbocycles. The third kappa shape index (κ3) is 4.75. The Morgan fingerprint density at radius 1 is 0.483 bits per heavy atom. The monoisotopic (exact) mass is 384 g/mol. The van der Waals surface area contributed by atoms with Crippen LogP contribution in [0.15, 0.2) is 103 Å². The van der Waals surface area contributed by atoms with Crippen molar-refractivity contribution < 1.29 is 19.3 Å². The first-order valence-electron chi connectivity index (χ1n) is 9.28. The van der Waals surface area contributed by atoms with E-state index in [1.165, 1.54) is 0 Å². The molecule has 4 rings (SSSR count). The molecule has 0 aliphatic heterocycles. The lowest BCUT2D eigenvalue weighted by molar-refractivity contribution is 0.275. The standard InChI is InChI=1S/C25H20O4/c26-18-19-16-24(28-21-12-6-2-7-13-21)25(29-22-14-8-3-9-15-22)17-23(19)27-20-10-4-1-5-11-20/h1-17,26H,18H2. The van der Waals surface area contributed by atoms with Crippen LogP contribution in [0.2, 0.25) is 0 Å². The fraction of sp³-hybridized carbons (Fsp3) is 0.0400. The van der Waals surface area contributed by atoms with Crippen molar-refractivity contribution in [3.8, 4) is 34.5 Å². The van der Waals surface area contributed by atoms with Crippen LogP contribution in [0.25, 0.3) is 0 Å². The summed E-state index contributed by atoms with van der Waals surface area (Å²) in [4.78, 5) is 0. The van der Waals surface area contributed by atoms with Gasteiger partial charge in [0.05, 0.1) is 6.61 Å². The molecule has 4 nitrogen and oxygen atoms in total. The minimum atomic E-state index is -0.196. The van der Waals surface area contributed by atoms with Crippen molar-refractivity contribution in [2.45, 2.75) is 6.61 Å². The highest BCUT2D eigenvalue weighted by molar-refractivity contribution is 5.54. The van der Waals surface area contributed by atoms with Gasteiger partial charge < -0.3 is 19.3 Å². The molecule has 0 fully saturated rings. The Balaban J connectivity index is 1.74. The van der Waals surface area contributed by atoms with E-state index in [1.807, 2.05) is 91.0 Å². The minimum Gasteiger partial charge on any atom is -0.457 e. The van der Waals surface area contributed by atoms with Crippen molar-refractivity contribution >= 4 is 0 Å². The lowest BCUT2D eigenvalue weighted by Crippen LogP contribution is -1.97. The first-order chi connectivity index (χ1) is 14.3. The van der Waals surface area contributed by atoms with E-state index in [-0.39, 0.29) is 6.61 Å². The molecule has 0 saturated carbocycles. The van der Waals surface area contributed by atoms with Crippen LogP contribution in [0.1, 0.15) is 5.56 Å². The smallest absolute Gasteiger partial charge is 0.173 e. The number of ether oxygens (including phenoxy) is 3. The fourth-order valence-electron chi connectivity index (χ4n) is 2.81. The molecule has 0 spiro atoms. The van der Waals surface area contributed by atoms with Gasteiger partial charge in [-0.1, -0.05) is 54.6 Å². The molecule has 0 amide bonds. The van der Waals surface area contributed by atoms with Crippen molar-refractivity contribution in [2.24, 2.45) is 0 Å². The van der Waals surface area contributed by atoms with E-state index in [2.05, 4.69) is 0 Å². The summed E-state index contributed by atoms with van der Waals surface area (Å²) in [7, 11) is 0. The van der Waals surface area contributed by atoms with Gasteiger partial charge in [0, 0.05) is 11.6 Å². The summed E-state index contributed by atoms with van der Waals surface area (Å²) < 4.78 is 18.1. The second kappa shape index (κ2) is 8.95. The molecule has 0 aliphatic rings. The van der Waals surface area contributed by atoms with Gasteiger partial charge in [-0.05, 0) is 42.5 Å². The summed E-state index contributed by atoms with van der Waals surface area (Å²) in [5.74, 6) is 3.50. The minimum absolute atomic E-state index is 0.196. The molecule has 144 valence electrons. The molecule has 0 bridgehead atoms. The summed E-state index contributed by atoms with van der Waals surface area (Å²) in [6.45, 7) is -0.196. The largest absolute Gasteiger partial charge is 0.457 e. The Labute approximate surface area is 169 Å². The highest BCUT2D eigenvalue weighted by atomic mass is 16.5. The van der Waals surface area contributed by atoms with Gasteiger partial charge in [-0.15, -0.1) is 0 Å². The van der Waals surface area contributed by atoms with Crippen LogP contribution < -0.4 is 14.2 Å². The van der Waals surface area contributed by atoms with Crippen LogP contribution >= 0.6 is 0 Å². The van der Waals surface area contributed by atoms with Crippen LogP contribution in [-0.4, -0.2) is 5.11 Å². The molecule has 0 atom stereocenters. The van der Waals surface area contributed by atoms with Crippen molar-refractivity contribution in [2.75, 3.05) is 0 Å². The van der Waals surface area contributed by atoms with Crippen LogP contribution in [0, 0.1) is 0 Å². The molecule has 0 aromatic heterocycles. The van der Waals surface area contributed by atoms with Crippen molar-refractivity contribution in [1.29, 1.82) is 0 Å². The molecule has 4 aromatic rings. The van der Waals surface area contributed by atoms with E-state index in [0.717, 1.165) is 0 Å². The zero-order valence-electron chi connectivity index (χ0n) is 15.7. The summed E-state index contributed by atoms with van der Waals surface area (Å²) >= 11 is 0. The zero-order valence-corrected chi connectivity index (χ0v) is 15.7. The van der Waals surface area contributed by atoms with Crippen LogP contribution in [0.4, 0.5) is 0 Å². The molecule has 0 radical (unpaired) electrons. The van der Waals surface area contributed by atoms with Gasteiger partial charge in [-0.25, -0.2) is 0 Å². The van der Waals surface area contributed by atoms with E-state index in [9.17, 15) is 5.11 Å². The second-order valence-corrected chi connectivity index (χ2v) is 6.31. The molecule has 4 heteroatoms. The maximum absolute atomic E-state index is 9.89. The molecular formula is C25H20O4. The Morgan fingerprint density at radius 2 is 0.862 bits per heavy atom. The Hall–Kier alpha value is -3.76. The number of hydrogen-bond donors (Lipinski definition) is 1. The molecule has 1 N–H and O–H groups in total. The van der Waals surface area contributed by atoms with Gasteiger partial charge in [0.15, 0.2) is 11.5 Å². The highest BCUT2D eigenvalue weighted by Crippen LogP contribution is 2.41. The third-order valence-electron chi connectivity index (χ3n) is 4.21. The second-order valence-electron chi connectivity index (χ2n) is 6.31. The third-order valence-corrected chi connectivity index (χ3v) is 4.21. The van der Waals surface area contributed by atoms with Gasteiger partial charge in [0.25, 0.3) is 0 Å². The first-order valence-corrected chi connectivity index (χ1v) is 9.28. The number of benzene rings is 4. The van der Waals surface area contributed by atoms with E-state index in [4.69, 9.17) is 14.2 Å². The number of hydrogen-bond acceptors (Lipinski definition) is 4. The van der Waals surface area contributed by atoms with Crippen LogP contribution in [-0.2, 0) is 6.61 Å². The SMILES string of the molecule is OCc1cc(Oc2ccccc2)c(Oc2ccccc2)cc1Oc1ccccc1. The van der Waals surface area contributed by atoms with Gasteiger partial charge in [0.2, 0.25) is 0 Å². The quantitative estimate of drug-likeness (QED) is 0.392. The zero-order chi connectivity index (χ0) is 19.9. The molecule has 0 unspecified atom stereocenters. The van der Waals surface area contributed by atoms with Gasteiger partial charge in [-0.2, -0.15) is 0 Å². The number of para-hydroxylation sites is 3. The topological polar surface area (TPSA) is 47.9 Å². The summed E-state index contributed by atoms with van der Waals surface area (Å²) in [6, 6.07) is 31.8. The maximum atomic E-state index is 9.89. The Kier molecular flexibility index (Phi) is 5.74. The highest BCUT2D eigenvalue weighted by Gasteiger charge is 2.15. The van der Waals surface area contributed by atoms with E-state index >= 15 is 0 Å². The molecular weight excluding hydrogens is 364 g/mol. The van der Waals surface area contributed by atoms with Crippen LogP contribution in [0.3, 0.4) is 0 Å². The molecule has 0 aliphatic carbocycles. The van der Waals surface area contributed by atoms with Crippen molar-refractivity contribution in [1.82, 2.24) is 0 Å². The average Bonchev–Trinajstić information content (AvgIpc) is 2.77. The summed E-state index contributed by atoms with van der Waals surface area (Å²) in [5.41, 5.74) is 0.597. The maximum Gasteiger partial charge on any atom is 0.173 e. The average molecular weight is 384 g/mol. The molecule has 29 heavy (non-hydrogen) atoms. The van der Waals surface area contributed by atoms with E-state index < -0.39 is 0 Å². The summed E-state index contributed by atoms with van der Waals surface area (Å²) in [6.07, 6.45) is 0. The van der Waals surface area contributed by atoms with Crippen molar-refractivity contribution in [3.63, 3.8) is 0 Å². The Morgan fingerprint density at radius 3 is 1.28 bits per heavy atom. The first kappa shape index (κ1) is 18.6. The molecule has 0 heterocycles. The van der Waals surface area contributed by atoms with Gasteiger partial charge in [0.1, 0.15) is 23.0 Å². The van der Waals surface area contributed by atoms with Gasteiger partial charge >= 0.3 is 0 Å². The van der Waals surface area contributed by atoms with Gasteiger partial charge in [-0.3, -0.25) is 0 Å². The number of aliphatic hydroxyl groups is 1. The van der Waals surface area contributed by atoms with E-state index in [0.29, 0.717) is 40.1 Å². The number of aliphatic hydroxyl groups excluding tert-OH is 1. The lowest BCUT2D eigenvalue weighted by Gasteiger charge is -2.17. The molecule has 0 saturated heterocycles. The lowest BCUT2D eigenvalue weighted by atomic mass is 10.1. The van der Waals surface area contributed by atoms with Crippen molar-refractivity contribution in [3.05, 3.63) is 109 Å². The predicted molar refractivity (Wildman–Crippen MR) is 112 cm³/mol. The summed E-state index contributed by atoms with van der Waals surface area (Å²) in [5, 5.41) is 9.89. The Bertz CT molecular complexity index is 1050. The van der Waals surface area contributed by atoms with E-state index in [1.54, 1.807) is 12.1 Å². The number of rotatable bonds is 7. The normalized spacial score (nSPS) is 10.4. The van der Waals surface area contributed by atoms with Crippen LogP contribution in [0.5, 0.6) is 34.5 Å².